The van der Waals surface area contributed by atoms with Gasteiger partial charge in [0, 0.05) is 49.3 Å². The van der Waals surface area contributed by atoms with E-state index in [0.29, 0.717) is 19.0 Å². The highest BCUT2D eigenvalue weighted by Gasteiger charge is 2.17. The van der Waals surface area contributed by atoms with E-state index in [2.05, 4.69) is 31.2 Å². The summed E-state index contributed by atoms with van der Waals surface area (Å²) in [5.41, 5.74) is 2.45. The quantitative estimate of drug-likeness (QED) is 0.412. The van der Waals surface area contributed by atoms with Crippen LogP contribution in [0.15, 0.2) is 30.5 Å². The minimum Gasteiger partial charge on any atom is -0.370 e. The molecule has 0 aliphatic carbocycles. The maximum Gasteiger partial charge on any atom is 0.321 e. The first-order valence-electron chi connectivity index (χ1n) is 11.0. The van der Waals surface area contributed by atoms with Gasteiger partial charge in [-0.3, -0.25) is 4.79 Å². The molecule has 4 N–H and O–H groups in total. The van der Waals surface area contributed by atoms with Crippen molar-refractivity contribution in [3.63, 3.8) is 0 Å². The molecule has 32 heavy (non-hydrogen) atoms. The fourth-order valence-electron chi connectivity index (χ4n) is 3.28. The molecule has 3 amide bonds. The second-order valence-electron chi connectivity index (χ2n) is 7.48. The molecule has 10 heteroatoms. The summed E-state index contributed by atoms with van der Waals surface area (Å²) < 4.78 is 0. The van der Waals surface area contributed by atoms with Gasteiger partial charge in [-0.25, -0.2) is 9.78 Å². The maximum atomic E-state index is 12.3. The van der Waals surface area contributed by atoms with Gasteiger partial charge in [-0.15, -0.1) is 0 Å². The Kier molecular flexibility index (Phi) is 8.97. The van der Waals surface area contributed by atoms with Crippen LogP contribution in [-0.2, 0) is 0 Å². The first kappa shape index (κ1) is 23.6. The van der Waals surface area contributed by atoms with E-state index in [-0.39, 0.29) is 11.3 Å². The van der Waals surface area contributed by atoms with Gasteiger partial charge >= 0.3 is 6.03 Å². The molecule has 2 heterocycles. The summed E-state index contributed by atoms with van der Waals surface area (Å²) in [6.07, 6.45) is 4.67. The molecule has 0 atom stereocenters. The number of hydrogen-bond acceptors (Lipinski definition) is 7. The Morgan fingerprint density at radius 2 is 1.94 bits per heavy atom. The third kappa shape index (κ3) is 7.30. The maximum absolute atomic E-state index is 12.3. The Bertz CT molecular complexity index is 919. The number of thioether (sulfide) groups is 1. The number of hydrogen-bond donors (Lipinski definition) is 4. The van der Waals surface area contributed by atoms with Crippen molar-refractivity contribution in [1.29, 1.82) is 0 Å². The second kappa shape index (κ2) is 12.1. The number of rotatable bonds is 9. The summed E-state index contributed by atoms with van der Waals surface area (Å²) in [5.74, 6) is 1.98. The van der Waals surface area contributed by atoms with Gasteiger partial charge < -0.3 is 26.2 Å². The zero-order valence-corrected chi connectivity index (χ0v) is 19.4. The Morgan fingerprint density at radius 3 is 2.72 bits per heavy atom. The topological polar surface area (TPSA) is 111 Å². The number of nitrogens with zero attached hydrogens (tertiary/aromatic N) is 3. The van der Waals surface area contributed by atoms with E-state index in [1.807, 2.05) is 43.0 Å². The van der Waals surface area contributed by atoms with Crippen molar-refractivity contribution in [2.45, 2.75) is 33.1 Å². The predicted octanol–water partition coefficient (Wildman–Crippen LogP) is 4.42. The number of anilines is 4. The fraction of sp³-hybridized carbons (Fsp3) is 0.455. The SMILES string of the molecule is CCSC(=O)NCCCNc1nc(Nc2cccc(NC(=O)N3CCCC3)c2)ncc1C. The largest absolute Gasteiger partial charge is 0.370 e. The number of likely N-dealkylation sites (tertiary alicyclic amines) is 1. The van der Waals surface area contributed by atoms with Crippen LogP contribution in [0.4, 0.5) is 32.7 Å². The van der Waals surface area contributed by atoms with Gasteiger partial charge in [-0.2, -0.15) is 4.98 Å². The number of aromatic nitrogens is 2. The van der Waals surface area contributed by atoms with Crippen LogP contribution in [0.3, 0.4) is 0 Å². The summed E-state index contributed by atoms with van der Waals surface area (Å²) in [7, 11) is 0. The van der Waals surface area contributed by atoms with Crippen LogP contribution >= 0.6 is 11.8 Å². The standard InChI is InChI=1S/C22H31N7O2S/c1-3-32-22(31)24-11-7-10-23-19-16(2)15-25-20(28-19)26-17-8-6-9-18(14-17)27-21(30)29-12-4-5-13-29/h6,8-9,14-15H,3-5,7,10-13H2,1-2H3,(H,24,31)(H,27,30)(H2,23,25,26,28). The molecule has 0 saturated carbocycles. The molecular formula is C22H31N7O2S. The molecule has 1 aromatic carbocycles. The van der Waals surface area contributed by atoms with Crippen LogP contribution in [0.25, 0.3) is 0 Å². The number of carbonyl (C=O) groups is 2. The van der Waals surface area contributed by atoms with E-state index in [0.717, 1.165) is 60.9 Å². The summed E-state index contributed by atoms with van der Waals surface area (Å²) in [4.78, 5) is 34.5. The summed E-state index contributed by atoms with van der Waals surface area (Å²) >= 11 is 1.28. The average Bonchev–Trinajstić information content (AvgIpc) is 3.31. The van der Waals surface area contributed by atoms with Crippen LogP contribution in [-0.4, -0.2) is 58.1 Å². The number of carbonyl (C=O) groups excluding carboxylic acids is 2. The van der Waals surface area contributed by atoms with Gasteiger partial charge in [0.1, 0.15) is 5.82 Å². The first-order chi connectivity index (χ1) is 15.5. The van der Waals surface area contributed by atoms with Gasteiger partial charge in [0.15, 0.2) is 0 Å². The number of aryl methyl sites for hydroxylation is 1. The predicted molar refractivity (Wildman–Crippen MR) is 131 cm³/mol. The smallest absolute Gasteiger partial charge is 0.321 e. The lowest BCUT2D eigenvalue weighted by atomic mass is 10.3. The fourth-order valence-corrected chi connectivity index (χ4v) is 3.74. The van der Waals surface area contributed by atoms with Gasteiger partial charge in [0.25, 0.3) is 5.24 Å². The molecule has 1 aliphatic heterocycles. The zero-order valence-electron chi connectivity index (χ0n) is 18.6. The van der Waals surface area contributed by atoms with Crippen LogP contribution in [0, 0.1) is 6.92 Å². The van der Waals surface area contributed by atoms with E-state index in [9.17, 15) is 9.59 Å². The van der Waals surface area contributed by atoms with Crippen LogP contribution in [0.5, 0.6) is 0 Å². The molecule has 0 bridgehead atoms. The summed E-state index contributed by atoms with van der Waals surface area (Å²) in [6.45, 7) is 6.81. The van der Waals surface area contributed by atoms with Crippen LogP contribution in [0.2, 0.25) is 0 Å². The summed E-state index contributed by atoms with van der Waals surface area (Å²) in [5, 5.41) is 12.3. The molecule has 1 saturated heterocycles. The van der Waals surface area contributed by atoms with E-state index in [1.54, 1.807) is 6.20 Å². The third-order valence-electron chi connectivity index (χ3n) is 4.93. The van der Waals surface area contributed by atoms with Crippen LogP contribution < -0.4 is 21.3 Å². The molecule has 9 nitrogen and oxygen atoms in total. The molecule has 2 aromatic rings. The van der Waals surface area contributed by atoms with E-state index in [4.69, 9.17) is 0 Å². The summed E-state index contributed by atoms with van der Waals surface area (Å²) in [6, 6.07) is 7.43. The molecule has 0 unspecified atom stereocenters. The van der Waals surface area contributed by atoms with Crippen LogP contribution in [0.1, 0.15) is 31.7 Å². The molecule has 1 aromatic heterocycles. The van der Waals surface area contributed by atoms with Crippen molar-refractivity contribution in [2.75, 3.05) is 47.9 Å². The molecule has 0 radical (unpaired) electrons. The molecule has 3 rings (SSSR count). The lowest BCUT2D eigenvalue weighted by Gasteiger charge is -2.16. The van der Waals surface area contributed by atoms with Gasteiger partial charge in [0.05, 0.1) is 0 Å². The zero-order chi connectivity index (χ0) is 22.8. The monoisotopic (exact) mass is 457 g/mol. The Balaban J connectivity index is 1.52. The average molecular weight is 458 g/mol. The molecule has 1 aliphatic rings. The lowest BCUT2D eigenvalue weighted by Crippen LogP contribution is -2.32. The van der Waals surface area contributed by atoms with E-state index < -0.39 is 0 Å². The third-order valence-corrected chi connectivity index (χ3v) is 5.62. The van der Waals surface area contributed by atoms with Crippen molar-refractivity contribution in [3.05, 3.63) is 36.0 Å². The van der Waals surface area contributed by atoms with Crippen molar-refractivity contribution < 1.29 is 9.59 Å². The Hall–Kier alpha value is -3.01. The Morgan fingerprint density at radius 1 is 1.16 bits per heavy atom. The minimum atomic E-state index is -0.0674. The van der Waals surface area contributed by atoms with Crippen molar-refractivity contribution >= 4 is 46.2 Å². The van der Waals surface area contributed by atoms with E-state index >= 15 is 0 Å². The number of amides is 3. The van der Waals surface area contributed by atoms with Gasteiger partial charge in [-0.05, 0) is 50.1 Å². The number of urea groups is 1. The lowest BCUT2D eigenvalue weighted by molar-refractivity contribution is 0.222. The van der Waals surface area contributed by atoms with Crippen molar-refractivity contribution in [2.24, 2.45) is 0 Å². The highest BCUT2D eigenvalue weighted by molar-refractivity contribution is 8.13. The number of benzene rings is 1. The minimum absolute atomic E-state index is 0.0102. The molecule has 172 valence electrons. The molecule has 0 spiro atoms. The van der Waals surface area contributed by atoms with E-state index in [1.165, 1.54) is 11.8 Å². The highest BCUT2D eigenvalue weighted by atomic mass is 32.2. The normalized spacial score (nSPS) is 13.0. The van der Waals surface area contributed by atoms with Crippen molar-refractivity contribution in [1.82, 2.24) is 20.2 Å². The Labute approximate surface area is 193 Å². The van der Waals surface area contributed by atoms with Crippen molar-refractivity contribution in [3.8, 4) is 0 Å². The molecular weight excluding hydrogens is 426 g/mol. The first-order valence-corrected chi connectivity index (χ1v) is 11.9. The van der Waals surface area contributed by atoms with Gasteiger partial charge in [0.2, 0.25) is 5.95 Å². The second-order valence-corrected chi connectivity index (χ2v) is 8.72. The highest BCUT2D eigenvalue weighted by Crippen LogP contribution is 2.21. The molecule has 1 fully saturated rings. The van der Waals surface area contributed by atoms with Gasteiger partial charge in [-0.1, -0.05) is 24.8 Å². The number of nitrogens with one attached hydrogen (secondary N) is 4.